The van der Waals surface area contributed by atoms with Crippen LogP contribution in [-0.2, 0) is 4.79 Å². The second-order valence-corrected chi connectivity index (χ2v) is 7.41. The normalized spacial score (nSPS) is 16.8. The van der Waals surface area contributed by atoms with Gasteiger partial charge in [-0.05, 0) is 23.8 Å². The summed E-state index contributed by atoms with van der Waals surface area (Å²) in [6, 6.07) is 20.7. The van der Waals surface area contributed by atoms with E-state index in [4.69, 9.17) is 5.11 Å². The number of benzene rings is 2. The van der Waals surface area contributed by atoms with Crippen molar-refractivity contribution in [3.05, 3.63) is 84.2 Å². The molecule has 0 saturated heterocycles. The van der Waals surface area contributed by atoms with E-state index in [0.29, 0.717) is 0 Å². The van der Waals surface area contributed by atoms with Crippen LogP contribution in [0.4, 0.5) is 0 Å². The molecule has 22 heavy (non-hydrogen) atoms. The molecular formula is C19H17O2P. The minimum absolute atomic E-state index is 0.0102. The van der Waals surface area contributed by atoms with Crippen LogP contribution in [0.2, 0.25) is 0 Å². The number of allylic oxidation sites excluding steroid dienone is 4. The quantitative estimate of drug-likeness (QED) is 0.856. The van der Waals surface area contributed by atoms with Crippen molar-refractivity contribution in [2.24, 2.45) is 5.92 Å². The fourth-order valence-corrected chi connectivity index (χ4v) is 5.29. The number of rotatable bonds is 5. The van der Waals surface area contributed by atoms with Crippen molar-refractivity contribution in [3.63, 3.8) is 0 Å². The molecule has 0 radical (unpaired) electrons. The Morgan fingerprint density at radius 3 is 2.00 bits per heavy atom. The topological polar surface area (TPSA) is 37.3 Å². The summed E-state index contributed by atoms with van der Waals surface area (Å²) < 4.78 is 0. The summed E-state index contributed by atoms with van der Waals surface area (Å²) in [5.41, 5.74) is 0. The van der Waals surface area contributed by atoms with Crippen molar-refractivity contribution < 1.29 is 9.90 Å². The lowest BCUT2D eigenvalue weighted by Gasteiger charge is -2.24. The second-order valence-electron chi connectivity index (χ2n) is 5.19. The van der Waals surface area contributed by atoms with Gasteiger partial charge in [0.05, 0.1) is 6.42 Å². The molecule has 0 aromatic heterocycles. The van der Waals surface area contributed by atoms with Gasteiger partial charge in [0.1, 0.15) is 0 Å². The highest BCUT2D eigenvalue weighted by atomic mass is 31.1. The summed E-state index contributed by atoms with van der Waals surface area (Å²) in [6.07, 6.45) is 6.25. The van der Waals surface area contributed by atoms with E-state index in [2.05, 4.69) is 30.3 Å². The third kappa shape index (κ3) is 3.18. The average molecular weight is 308 g/mol. The lowest BCUT2D eigenvalue weighted by Crippen LogP contribution is -2.16. The Balaban J connectivity index is 2.02. The van der Waals surface area contributed by atoms with Crippen molar-refractivity contribution in [3.8, 4) is 0 Å². The zero-order valence-corrected chi connectivity index (χ0v) is 13.0. The highest BCUT2D eigenvalue weighted by Gasteiger charge is 2.27. The molecule has 1 N–H and O–H groups in total. The number of carboxylic acid groups (broad SMARTS) is 1. The van der Waals surface area contributed by atoms with E-state index >= 15 is 0 Å². The molecule has 1 aliphatic carbocycles. The SMILES string of the molecule is O=C(O)CC1C=CC=C1P(c1ccccc1)c1ccccc1. The van der Waals surface area contributed by atoms with E-state index in [9.17, 15) is 4.79 Å². The van der Waals surface area contributed by atoms with Crippen LogP contribution >= 0.6 is 7.92 Å². The Morgan fingerprint density at radius 2 is 1.50 bits per heavy atom. The van der Waals surface area contributed by atoms with E-state index in [-0.39, 0.29) is 12.3 Å². The minimum Gasteiger partial charge on any atom is -0.481 e. The zero-order valence-electron chi connectivity index (χ0n) is 12.1. The first-order valence-corrected chi connectivity index (χ1v) is 8.60. The van der Waals surface area contributed by atoms with Gasteiger partial charge in [0.2, 0.25) is 0 Å². The van der Waals surface area contributed by atoms with Gasteiger partial charge < -0.3 is 5.11 Å². The van der Waals surface area contributed by atoms with Crippen LogP contribution < -0.4 is 10.6 Å². The molecule has 0 aliphatic heterocycles. The van der Waals surface area contributed by atoms with Gasteiger partial charge in [-0.15, -0.1) is 0 Å². The molecule has 110 valence electrons. The van der Waals surface area contributed by atoms with E-state index < -0.39 is 13.9 Å². The Bertz CT molecular complexity index is 665. The highest BCUT2D eigenvalue weighted by molar-refractivity contribution is 7.76. The second kappa shape index (κ2) is 6.72. The first kappa shape index (κ1) is 14.7. The smallest absolute Gasteiger partial charge is 0.304 e. The standard InChI is InChI=1S/C19H17O2P/c20-19(21)14-15-8-7-13-18(15)22(16-9-3-1-4-10-16)17-11-5-2-6-12-17/h1-13,15H,14H2,(H,20,21). The predicted molar refractivity (Wildman–Crippen MR) is 92.0 cm³/mol. The molecule has 1 atom stereocenters. The van der Waals surface area contributed by atoms with Crippen LogP contribution in [0, 0.1) is 5.92 Å². The van der Waals surface area contributed by atoms with E-state index in [1.807, 2.05) is 48.6 Å². The summed E-state index contributed by atoms with van der Waals surface area (Å²) in [4.78, 5) is 11.1. The molecule has 2 aromatic carbocycles. The lowest BCUT2D eigenvalue weighted by molar-refractivity contribution is -0.137. The molecule has 2 nitrogen and oxygen atoms in total. The van der Waals surface area contributed by atoms with Gasteiger partial charge in [0.15, 0.2) is 0 Å². The van der Waals surface area contributed by atoms with Crippen LogP contribution in [0.5, 0.6) is 0 Å². The number of carbonyl (C=O) groups is 1. The molecule has 1 aliphatic rings. The van der Waals surface area contributed by atoms with Crippen LogP contribution in [0.25, 0.3) is 0 Å². The molecule has 0 saturated carbocycles. The number of hydrogen-bond acceptors (Lipinski definition) is 1. The maximum atomic E-state index is 11.1. The Labute approximate surface area is 131 Å². The fourth-order valence-electron chi connectivity index (χ4n) is 2.71. The fraction of sp³-hybridized carbons (Fsp3) is 0.105. The molecule has 1 unspecified atom stereocenters. The summed E-state index contributed by atoms with van der Waals surface area (Å²) in [6.45, 7) is 0. The summed E-state index contributed by atoms with van der Waals surface area (Å²) in [7, 11) is -0.687. The van der Waals surface area contributed by atoms with E-state index in [1.54, 1.807) is 0 Å². The predicted octanol–water partition coefficient (Wildman–Crippen LogP) is 3.66. The molecule has 0 heterocycles. The molecule has 0 bridgehead atoms. The van der Waals surface area contributed by atoms with E-state index in [0.717, 1.165) is 0 Å². The van der Waals surface area contributed by atoms with Crippen molar-refractivity contribution >= 4 is 24.5 Å². The Morgan fingerprint density at radius 1 is 0.955 bits per heavy atom. The highest BCUT2D eigenvalue weighted by Crippen LogP contribution is 2.49. The third-order valence-corrected chi connectivity index (χ3v) is 6.30. The summed E-state index contributed by atoms with van der Waals surface area (Å²) in [5.74, 6) is -0.762. The van der Waals surface area contributed by atoms with Gasteiger partial charge in [-0.1, -0.05) is 78.9 Å². The van der Waals surface area contributed by atoms with Crippen LogP contribution in [-0.4, -0.2) is 11.1 Å². The Kier molecular flexibility index (Phi) is 4.50. The first-order valence-electron chi connectivity index (χ1n) is 7.26. The van der Waals surface area contributed by atoms with Gasteiger partial charge in [0, 0.05) is 5.92 Å². The van der Waals surface area contributed by atoms with Crippen molar-refractivity contribution in [2.75, 3.05) is 0 Å². The maximum Gasteiger partial charge on any atom is 0.304 e. The molecule has 0 fully saturated rings. The van der Waals surface area contributed by atoms with Crippen molar-refractivity contribution in [1.82, 2.24) is 0 Å². The largest absolute Gasteiger partial charge is 0.481 e. The van der Waals surface area contributed by atoms with Gasteiger partial charge in [-0.25, -0.2) is 0 Å². The number of carboxylic acids is 1. The molecule has 3 heteroatoms. The lowest BCUT2D eigenvalue weighted by atomic mass is 10.1. The van der Waals surface area contributed by atoms with Crippen LogP contribution in [0.3, 0.4) is 0 Å². The first-order chi connectivity index (χ1) is 10.8. The molecule has 2 aromatic rings. The van der Waals surface area contributed by atoms with Gasteiger partial charge in [0.25, 0.3) is 0 Å². The Hall–Kier alpha value is -2.18. The molecular weight excluding hydrogens is 291 g/mol. The van der Waals surface area contributed by atoms with E-state index in [1.165, 1.54) is 15.9 Å². The molecule has 0 spiro atoms. The van der Waals surface area contributed by atoms with Gasteiger partial charge in [-0.2, -0.15) is 0 Å². The number of aliphatic carboxylic acids is 1. The number of hydrogen-bond donors (Lipinski definition) is 1. The van der Waals surface area contributed by atoms with Gasteiger partial charge >= 0.3 is 5.97 Å². The third-order valence-electron chi connectivity index (χ3n) is 3.67. The summed E-state index contributed by atoms with van der Waals surface area (Å²) >= 11 is 0. The van der Waals surface area contributed by atoms with Crippen LogP contribution in [0.1, 0.15) is 6.42 Å². The molecule has 3 rings (SSSR count). The van der Waals surface area contributed by atoms with Crippen LogP contribution in [0.15, 0.2) is 84.2 Å². The monoisotopic (exact) mass is 308 g/mol. The summed E-state index contributed by atoms with van der Waals surface area (Å²) in [5, 5.41) is 12.9. The molecule has 0 amide bonds. The maximum absolute atomic E-state index is 11.1. The van der Waals surface area contributed by atoms with Gasteiger partial charge in [-0.3, -0.25) is 4.79 Å². The average Bonchev–Trinajstić information content (AvgIpc) is 2.97. The minimum atomic E-state index is -0.751. The van der Waals surface area contributed by atoms with Crippen molar-refractivity contribution in [1.29, 1.82) is 0 Å². The zero-order chi connectivity index (χ0) is 15.4. The van der Waals surface area contributed by atoms with Crippen molar-refractivity contribution in [2.45, 2.75) is 6.42 Å².